The summed E-state index contributed by atoms with van der Waals surface area (Å²) in [6.07, 6.45) is -4.00. The van der Waals surface area contributed by atoms with Crippen molar-refractivity contribution in [2.45, 2.75) is 18.0 Å². The Bertz CT molecular complexity index is 602. The highest BCUT2D eigenvalue weighted by Gasteiger charge is 2.63. The van der Waals surface area contributed by atoms with Crippen molar-refractivity contribution in [2.24, 2.45) is 5.92 Å². The molecule has 2 fully saturated rings. The maximum atomic E-state index is 12.4. The van der Waals surface area contributed by atoms with Crippen molar-refractivity contribution < 1.29 is 18.0 Å². The van der Waals surface area contributed by atoms with E-state index in [1.807, 2.05) is 6.07 Å². The lowest BCUT2D eigenvalue weighted by Gasteiger charge is -2.22. The van der Waals surface area contributed by atoms with E-state index in [-0.39, 0.29) is 24.4 Å². The molecular formula is C14H11F3N2O. The van der Waals surface area contributed by atoms with Crippen molar-refractivity contribution >= 4 is 5.91 Å². The summed E-state index contributed by atoms with van der Waals surface area (Å²) < 4.78 is 37.3. The molecule has 1 heterocycles. The number of carbonyl (C=O) groups is 1. The van der Waals surface area contributed by atoms with Gasteiger partial charge in [-0.05, 0) is 30.0 Å². The minimum Gasteiger partial charge on any atom is -0.334 e. The van der Waals surface area contributed by atoms with Gasteiger partial charge in [0, 0.05) is 18.5 Å². The number of benzene rings is 1. The monoisotopic (exact) mass is 280 g/mol. The van der Waals surface area contributed by atoms with Crippen LogP contribution in [0.1, 0.15) is 17.5 Å². The highest BCUT2D eigenvalue weighted by atomic mass is 19.4. The number of alkyl halides is 3. The Morgan fingerprint density at radius 1 is 1.35 bits per heavy atom. The molecule has 1 saturated carbocycles. The molecule has 1 aliphatic heterocycles. The van der Waals surface area contributed by atoms with Gasteiger partial charge in [0.2, 0.25) is 0 Å². The van der Waals surface area contributed by atoms with Gasteiger partial charge in [-0.1, -0.05) is 12.1 Å². The highest BCUT2D eigenvalue weighted by molar-refractivity contribution is 5.82. The topological polar surface area (TPSA) is 44.1 Å². The maximum absolute atomic E-state index is 12.4. The highest BCUT2D eigenvalue weighted by Crippen LogP contribution is 2.59. The van der Waals surface area contributed by atoms with Crippen LogP contribution >= 0.6 is 0 Å². The zero-order valence-corrected chi connectivity index (χ0v) is 10.4. The van der Waals surface area contributed by atoms with Gasteiger partial charge in [0.1, 0.15) is 0 Å². The van der Waals surface area contributed by atoms with E-state index in [9.17, 15) is 18.0 Å². The third kappa shape index (κ3) is 1.85. The number of rotatable bonds is 1. The first kappa shape index (κ1) is 13.0. The van der Waals surface area contributed by atoms with Crippen molar-refractivity contribution in [1.29, 1.82) is 5.26 Å². The minimum atomic E-state index is -4.80. The van der Waals surface area contributed by atoms with E-state index < -0.39 is 12.1 Å². The first-order valence-corrected chi connectivity index (χ1v) is 6.23. The molecule has 2 atom stereocenters. The van der Waals surface area contributed by atoms with Crippen LogP contribution in [0.15, 0.2) is 24.3 Å². The molecule has 104 valence electrons. The van der Waals surface area contributed by atoms with E-state index in [0.717, 1.165) is 16.9 Å². The SMILES string of the molecule is N#Cc1ccc([C@@]23C[C@@H]2CN(C(=O)C(F)(F)F)C3)cc1. The summed E-state index contributed by atoms with van der Waals surface area (Å²) in [6, 6.07) is 8.88. The van der Waals surface area contributed by atoms with Crippen molar-refractivity contribution in [3.05, 3.63) is 35.4 Å². The van der Waals surface area contributed by atoms with Crippen LogP contribution in [0, 0.1) is 17.2 Å². The summed E-state index contributed by atoms with van der Waals surface area (Å²) in [7, 11) is 0. The van der Waals surface area contributed by atoms with Gasteiger partial charge < -0.3 is 4.90 Å². The fraction of sp³-hybridized carbons (Fsp3) is 0.429. The Morgan fingerprint density at radius 2 is 2.00 bits per heavy atom. The van der Waals surface area contributed by atoms with Gasteiger partial charge in [0.25, 0.3) is 0 Å². The number of amides is 1. The van der Waals surface area contributed by atoms with Crippen LogP contribution < -0.4 is 0 Å². The number of halogens is 3. The van der Waals surface area contributed by atoms with Crippen LogP contribution in [0.5, 0.6) is 0 Å². The van der Waals surface area contributed by atoms with Gasteiger partial charge in [0.05, 0.1) is 11.6 Å². The second-order valence-corrected chi connectivity index (χ2v) is 5.43. The summed E-state index contributed by atoms with van der Waals surface area (Å²) in [5, 5.41) is 8.74. The lowest BCUT2D eigenvalue weighted by atomic mass is 9.94. The number of nitriles is 1. The zero-order chi connectivity index (χ0) is 14.5. The van der Waals surface area contributed by atoms with Gasteiger partial charge in [-0.2, -0.15) is 18.4 Å². The Hall–Kier alpha value is -2.03. The summed E-state index contributed by atoms with van der Waals surface area (Å²) in [4.78, 5) is 12.2. The number of piperidine rings is 1. The third-order valence-electron chi connectivity index (χ3n) is 4.26. The average molecular weight is 280 g/mol. The molecule has 6 heteroatoms. The number of carbonyl (C=O) groups excluding carboxylic acids is 1. The molecule has 0 aromatic heterocycles. The van der Waals surface area contributed by atoms with Gasteiger partial charge in [-0.3, -0.25) is 4.79 Å². The van der Waals surface area contributed by atoms with Crippen LogP contribution in [0.25, 0.3) is 0 Å². The molecule has 0 unspecified atom stereocenters. The Balaban J connectivity index is 1.80. The van der Waals surface area contributed by atoms with E-state index in [1.54, 1.807) is 24.3 Å². The first-order valence-electron chi connectivity index (χ1n) is 6.23. The Morgan fingerprint density at radius 3 is 2.55 bits per heavy atom. The standard InChI is InChI=1S/C14H11F3N2O/c15-14(16,17)12(20)19-7-11-5-13(11,8-19)10-3-1-9(6-18)2-4-10/h1-4,11H,5,7-8H2/t11-,13+/m1/s1. The fourth-order valence-electron chi connectivity index (χ4n) is 3.14. The lowest BCUT2D eigenvalue weighted by Crippen LogP contribution is -2.41. The lowest BCUT2D eigenvalue weighted by molar-refractivity contribution is -0.184. The number of fused-ring (bicyclic) bond motifs is 1. The van der Waals surface area contributed by atoms with E-state index in [4.69, 9.17) is 5.26 Å². The number of nitrogens with zero attached hydrogens (tertiary/aromatic N) is 2. The molecule has 1 saturated heterocycles. The molecule has 3 rings (SSSR count). The minimum absolute atomic E-state index is 0.0988. The predicted molar refractivity (Wildman–Crippen MR) is 63.6 cm³/mol. The number of likely N-dealkylation sites (tertiary alicyclic amines) is 1. The quantitative estimate of drug-likeness (QED) is 0.791. The molecule has 1 aliphatic carbocycles. The van der Waals surface area contributed by atoms with E-state index >= 15 is 0 Å². The molecule has 20 heavy (non-hydrogen) atoms. The Labute approximate surface area is 113 Å². The predicted octanol–water partition coefficient (Wildman–Crippen LogP) is 2.22. The van der Waals surface area contributed by atoms with E-state index in [0.29, 0.717) is 5.56 Å². The first-order chi connectivity index (χ1) is 9.37. The second kappa shape index (κ2) is 3.98. The Kier molecular flexibility index (Phi) is 2.58. The molecule has 1 aromatic rings. The molecule has 0 bridgehead atoms. The smallest absolute Gasteiger partial charge is 0.334 e. The van der Waals surface area contributed by atoms with Crippen LogP contribution in [0.4, 0.5) is 13.2 Å². The third-order valence-corrected chi connectivity index (χ3v) is 4.26. The van der Waals surface area contributed by atoms with Gasteiger partial charge in [-0.25, -0.2) is 0 Å². The van der Waals surface area contributed by atoms with Crippen LogP contribution in [-0.4, -0.2) is 30.1 Å². The second-order valence-electron chi connectivity index (χ2n) is 5.43. The zero-order valence-electron chi connectivity index (χ0n) is 10.4. The average Bonchev–Trinajstić information content (AvgIpc) is 2.99. The van der Waals surface area contributed by atoms with Gasteiger partial charge >= 0.3 is 12.1 Å². The molecule has 0 radical (unpaired) electrons. The molecular weight excluding hydrogens is 269 g/mol. The largest absolute Gasteiger partial charge is 0.471 e. The van der Waals surface area contributed by atoms with E-state index in [2.05, 4.69) is 0 Å². The molecule has 2 aliphatic rings. The normalized spacial score (nSPS) is 27.9. The van der Waals surface area contributed by atoms with Gasteiger partial charge in [-0.15, -0.1) is 0 Å². The van der Waals surface area contributed by atoms with Gasteiger partial charge in [0.15, 0.2) is 0 Å². The van der Waals surface area contributed by atoms with Crippen molar-refractivity contribution in [2.75, 3.05) is 13.1 Å². The number of hydrogen-bond acceptors (Lipinski definition) is 2. The summed E-state index contributed by atoms with van der Waals surface area (Å²) in [5.41, 5.74) is 1.09. The van der Waals surface area contributed by atoms with Crippen LogP contribution in [-0.2, 0) is 10.2 Å². The summed E-state index contributed by atoms with van der Waals surface area (Å²) >= 11 is 0. The molecule has 0 N–H and O–H groups in total. The molecule has 1 aromatic carbocycles. The van der Waals surface area contributed by atoms with Crippen molar-refractivity contribution in [3.8, 4) is 6.07 Å². The molecule has 1 amide bonds. The molecule has 0 spiro atoms. The summed E-state index contributed by atoms with van der Waals surface area (Å²) in [5.74, 6) is -1.65. The fourth-order valence-corrected chi connectivity index (χ4v) is 3.14. The van der Waals surface area contributed by atoms with Crippen molar-refractivity contribution in [3.63, 3.8) is 0 Å². The number of hydrogen-bond donors (Lipinski definition) is 0. The van der Waals surface area contributed by atoms with E-state index in [1.165, 1.54) is 0 Å². The summed E-state index contributed by atoms with van der Waals surface area (Å²) in [6.45, 7) is 0.278. The maximum Gasteiger partial charge on any atom is 0.471 e. The molecule has 3 nitrogen and oxygen atoms in total. The van der Waals surface area contributed by atoms with Crippen molar-refractivity contribution in [1.82, 2.24) is 4.90 Å². The van der Waals surface area contributed by atoms with Crippen LogP contribution in [0.3, 0.4) is 0 Å². The van der Waals surface area contributed by atoms with Crippen LogP contribution in [0.2, 0.25) is 0 Å².